The fourth-order valence-corrected chi connectivity index (χ4v) is 4.09. The molecule has 3 aromatic rings. The van der Waals surface area contributed by atoms with Gasteiger partial charge < -0.3 is 29.3 Å². The van der Waals surface area contributed by atoms with E-state index in [9.17, 15) is 31.1 Å². The first kappa shape index (κ1) is 30.5. The molecule has 0 saturated carbocycles. The van der Waals surface area contributed by atoms with Gasteiger partial charge in [-0.1, -0.05) is 12.1 Å². The molecule has 1 N–H and O–H groups in total. The zero-order valence-electron chi connectivity index (χ0n) is 22.4. The molecular weight excluding hydrogens is 574 g/mol. The number of hydrogen-bond donors (Lipinski definition) is 1. The summed E-state index contributed by atoms with van der Waals surface area (Å²) in [6.07, 6.45) is -9.19. The highest BCUT2D eigenvalue weighted by molar-refractivity contribution is 5.79. The van der Waals surface area contributed by atoms with E-state index in [0.717, 1.165) is 18.2 Å². The molecule has 1 amide bonds. The molecule has 1 aliphatic rings. The molecule has 0 atom stereocenters. The maximum atomic E-state index is 13.1. The van der Waals surface area contributed by atoms with Gasteiger partial charge >= 0.3 is 18.4 Å². The number of rotatable bonds is 9. The maximum Gasteiger partial charge on any atom is 0.422 e. The van der Waals surface area contributed by atoms with Crippen molar-refractivity contribution in [2.75, 3.05) is 57.2 Å². The third kappa shape index (κ3) is 8.04. The van der Waals surface area contributed by atoms with Crippen molar-refractivity contribution in [1.82, 2.24) is 19.9 Å². The first-order chi connectivity index (χ1) is 19.8. The lowest BCUT2D eigenvalue weighted by atomic mass is 10.1. The van der Waals surface area contributed by atoms with E-state index < -0.39 is 30.5 Å². The van der Waals surface area contributed by atoms with Crippen LogP contribution in [-0.4, -0.2) is 78.9 Å². The Morgan fingerprint density at radius 2 is 1.62 bits per heavy atom. The number of nitrogens with one attached hydrogen (secondary N) is 1. The Kier molecular flexibility index (Phi) is 9.11. The zero-order chi connectivity index (χ0) is 30.5. The molecule has 1 aliphatic heterocycles. The van der Waals surface area contributed by atoms with Crippen LogP contribution in [-0.2, 0) is 17.4 Å². The molecule has 0 spiro atoms. The highest BCUT2D eigenvalue weighted by Crippen LogP contribution is 2.32. The molecule has 1 aromatic heterocycles. The van der Waals surface area contributed by atoms with Crippen LogP contribution in [0.5, 0.6) is 17.5 Å². The lowest BCUT2D eigenvalue weighted by Gasteiger charge is -2.35. The molecule has 1 fully saturated rings. The summed E-state index contributed by atoms with van der Waals surface area (Å²) >= 11 is 0. The number of hydrogen-bond acceptors (Lipinski definition) is 9. The van der Waals surface area contributed by atoms with Crippen molar-refractivity contribution in [2.24, 2.45) is 0 Å². The predicted molar refractivity (Wildman–Crippen MR) is 138 cm³/mol. The molecule has 16 heteroatoms. The van der Waals surface area contributed by atoms with Crippen LogP contribution in [0.1, 0.15) is 11.1 Å². The summed E-state index contributed by atoms with van der Waals surface area (Å²) in [5.41, 5.74) is -0.271. The second kappa shape index (κ2) is 12.6. The quantitative estimate of drug-likeness (QED) is 0.356. The topological polar surface area (TPSA) is 102 Å². The van der Waals surface area contributed by atoms with Gasteiger partial charge in [0.15, 0.2) is 18.1 Å². The number of methoxy groups -OCH3 is 2. The monoisotopic (exact) mass is 600 g/mol. The van der Waals surface area contributed by atoms with Crippen molar-refractivity contribution >= 4 is 23.5 Å². The van der Waals surface area contributed by atoms with Gasteiger partial charge in [-0.25, -0.2) is 0 Å². The van der Waals surface area contributed by atoms with E-state index in [1.54, 1.807) is 28.0 Å². The second-order valence-electron chi connectivity index (χ2n) is 9.08. The van der Waals surface area contributed by atoms with Gasteiger partial charge in [0.05, 0.1) is 26.2 Å². The van der Waals surface area contributed by atoms with E-state index in [-0.39, 0.29) is 56.1 Å². The van der Waals surface area contributed by atoms with Crippen molar-refractivity contribution in [3.63, 3.8) is 0 Å². The number of carbonyl (C=O) groups excluding carboxylic acids is 1. The molecule has 1 saturated heterocycles. The molecule has 2 aromatic carbocycles. The van der Waals surface area contributed by atoms with E-state index in [1.807, 2.05) is 0 Å². The van der Waals surface area contributed by atoms with E-state index in [4.69, 9.17) is 14.2 Å². The maximum absolute atomic E-state index is 13.1. The second-order valence-corrected chi connectivity index (χ2v) is 9.08. The van der Waals surface area contributed by atoms with Crippen LogP contribution in [0.4, 0.5) is 43.9 Å². The number of halogens is 6. The SMILES string of the molecule is COc1ccc(CC(=O)N2CCN(c3nc(Nc4cccc(C(F)(F)F)c4)nc(OCC(F)(F)F)n3)CC2)cc1OC. The normalized spacial score (nSPS) is 14.0. The minimum atomic E-state index is -4.68. The van der Waals surface area contributed by atoms with Gasteiger partial charge in [0, 0.05) is 31.9 Å². The van der Waals surface area contributed by atoms with E-state index in [0.29, 0.717) is 17.1 Å². The molecule has 42 heavy (non-hydrogen) atoms. The Balaban J connectivity index is 1.47. The number of nitrogens with zero attached hydrogens (tertiary/aromatic N) is 5. The lowest BCUT2D eigenvalue weighted by Crippen LogP contribution is -2.49. The number of alkyl halides is 6. The van der Waals surface area contributed by atoms with Crippen LogP contribution < -0.4 is 24.4 Å². The molecule has 0 aliphatic carbocycles. The van der Waals surface area contributed by atoms with Gasteiger partial charge in [-0.2, -0.15) is 41.3 Å². The van der Waals surface area contributed by atoms with Crippen LogP contribution in [0.15, 0.2) is 42.5 Å². The summed E-state index contributed by atoms with van der Waals surface area (Å²) in [6.45, 7) is -0.718. The highest BCUT2D eigenvalue weighted by atomic mass is 19.4. The average Bonchev–Trinajstić information content (AvgIpc) is 2.95. The van der Waals surface area contributed by atoms with Gasteiger partial charge in [0.25, 0.3) is 0 Å². The summed E-state index contributed by atoms with van der Waals surface area (Å²) in [5.74, 6) is 0.478. The number of benzene rings is 2. The van der Waals surface area contributed by atoms with Crippen molar-refractivity contribution in [3.8, 4) is 17.5 Å². The molecular formula is C26H26F6N6O4. The molecule has 0 unspecified atom stereocenters. The molecule has 0 radical (unpaired) electrons. The largest absolute Gasteiger partial charge is 0.493 e. The third-order valence-electron chi connectivity index (χ3n) is 6.13. The van der Waals surface area contributed by atoms with Gasteiger partial charge in [-0.05, 0) is 35.9 Å². The van der Waals surface area contributed by atoms with Crippen LogP contribution in [0, 0.1) is 0 Å². The number of amides is 1. The number of ether oxygens (including phenoxy) is 3. The fourth-order valence-electron chi connectivity index (χ4n) is 4.09. The summed E-state index contributed by atoms with van der Waals surface area (Å²) in [4.78, 5) is 28.1. The number of piperazine rings is 1. The summed E-state index contributed by atoms with van der Waals surface area (Å²) in [6, 6.07) is 8.64. The first-order valence-corrected chi connectivity index (χ1v) is 12.5. The Morgan fingerprint density at radius 1 is 0.905 bits per heavy atom. The molecule has 10 nitrogen and oxygen atoms in total. The van der Waals surface area contributed by atoms with Crippen LogP contribution in [0.3, 0.4) is 0 Å². The van der Waals surface area contributed by atoms with E-state index in [2.05, 4.69) is 20.3 Å². The zero-order valence-corrected chi connectivity index (χ0v) is 22.4. The van der Waals surface area contributed by atoms with E-state index >= 15 is 0 Å². The molecule has 226 valence electrons. The van der Waals surface area contributed by atoms with Crippen LogP contribution in [0.25, 0.3) is 0 Å². The van der Waals surface area contributed by atoms with Crippen molar-refractivity contribution in [2.45, 2.75) is 18.8 Å². The Bertz CT molecular complexity index is 1400. The molecule has 2 heterocycles. The predicted octanol–water partition coefficient (Wildman–Crippen LogP) is 4.48. The van der Waals surface area contributed by atoms with Crippen molar-refractivity contribution in [3.05, 3.63) is 53.6 Å². The smallest absolute Gasteiger partial charge is 0.422 e. The number of anilines is 3. The third-order valence-corrected chi connectivity index (χ3v) is 6.13. The van der Waals surface area contributed by atoms with Crippen molar-refractivity contribution in [1.29, 1.82) is 0 Å². The summed E-state index contributed by atoms with van der Waals surface area (Å²) in [5, 5.41) is 2.57. The molecule has 0 bridgehead atoms. The van der Waals surface area contributed by atoms with Gasteiger partial charge in [-0.15, -0.1) is 0 Å². The number of aromatic nitrogens is 3. The minimum absolute atomic E-state index is 0.0469. The number of carbonyl (C=O) groups is 1. The fraction of sp³-hybridized carbons (Fsp3) is 0.385. The summed E-state index contributed by atoms with van der Waals surface area (Å²) in [7, 11) is 2.99. The Labute approximate surface area is 236 Å². The Hall–Kier alpha value is -4.50. The highest BCUT2D eigenvalue weighted by Gasteiger charge is 2.31. The first-order valence-electron chi connectivity index (χ1n) is 12.5. The average molecular weight is 601 g/mol. The standard InChI is InChI=1S/C26H26F6N6O4/c1-40-19-7-6-16(12-20(19)41-2)13-21(39)37-8-10-38(11-9-37)23-34-22(35-24(36-23)42-15-25(27,28)29)33-18-5-3-4-17(14-18)26(30,31)32/h3-7,12,14H,8-11,13,15H2,1-2H3,(H,33,34,35,36). The lowest BCUT2D eigenvalue weighted by molar-refractivity contribution is -0.154. The minimum Gasteiger partial charge on any atom is -0.493 e. The van der Waals surface area contributed by atoms with Crippen molar-refractivity contribution < 1.29 is 45.3 Å². The summed E-state index contributed by atoms with van der Waals surface area (Å²) < 4.78 is 92.9. The van der Waals surface area contributed by atoms with E-state index in [1.165, 1.54) is 20.3 Å². The van der Waals surface area contributed by atoms with Gasteiger partial charge in [-0.3, -0.25) is 4.79 Å². The Morgan fingerprint density at radius 3 is 2.26 bits per heavy atom. The van der Waals surface area contributed by atoms with Crippen LogP contribution >= 0.6 is 0 Å². The van der Waals surface area contributed by atoms with Crippen LogP contribution in [0.2, 0.25) is 0 Å². The van der Waals surface area contributed by atoms with Gasteiger partial charge in [0.2, 0.25) is 17.8 Å². The van der Waals surface area contributed by atoms with Gasteiger partial charge in [0.1, 0.15) is 0 Å². The molecule has 4 rings (SSSR count).